The molecule has 1 aliphatic rings. The van der Waals surface area contributed by atoms with Crippen molar-refractivity contribution in [2.24, 2.45) is 5.92 Å². The fraction of sp³-hybridized carbons (Fsp3) is 0.462. The van der Waals surface area contributed by atoms with Gasteiger partial charge in [0.2, 0.25) is 0 Å². The van der Waals surface area contributed by atoms with Crippen LogP contribution in [-0.4, -0.2) is 36.3 Å². The number of ether oxygens (including phenoxy) is 1. The number of likely N-dealkylation sites (tertiary alicyclic amines) is 1. The Bertz CT molecular complexity index is 453. The number of benzene rings is 1. The molecule has 1 heterocycles. The molecule has 1 unspecified atom stereocenters. The second kappa shape index (κ2) is 5.69. The number of carbonyl (C=O) groups is 1. The fourth-order valence-corrected chi connectivity index (χ4v) is 2.65. The predicted octanol–water partition coefficient (Wildman–Crippen LogP) is 2.69. The molecule has 5 heteroatoms. The average Bonchev–Trinajstić information content (AvgIpc) is 2.86. The minimum atomic E-state index is -0.500. The van der Waals surface area contributed by atoms with E-state index in [0.29, 0.717) is 11.5 Å². The van der Waals surface area contributed by atoms with E-state index in [0.717, 1.165) is 24.8 Å². The molecule has 0 spiro atoms. The van der Waals surface area contributed by atoms with Gasteiger partial charge in [-0.3, -0.25) is 4.79 Å². The Morgan fingerprint density at radius 1 is 1.61 bits per heavy atom. The highest BCUT2D eigenvalue weighted by molar-refractivity contribution is 9.09. The summed E-state index contributed by atoms with van der Waals surface area (Å²) < 4.78 is 18.4. The van der Waals surface area contributed by atoms with Gasteiger partial charge in [-0.25, -0.2) is 4.39 Å². The third kappa shape index (κ3) is 2.66. The van der Waals surface area contributed by atoms with E-state index >= 15 is 0 Å². The molecular weight excluding hydrogens is 301 g/mol. The summed E-state index contributed by atoms with van der Waals surface area (Å²) in [5.41, 5.74) is 0.378. The molecule has 98 valence electrons. The van der Waals surface area contributed by atoms with Gasteiger partial charge in [0.05, 0.1) is 7.11 Å². The van der Waals surface area contributed by atoms with Crippen molar-refractivity contribution >= 4 is 21.8 Å². The average molecular weight is 316 g/mol. The van der Waals surface area contributed by atoms with Crippen molar-refractivity contribution in [3.8, 4) is 5.75 Å². The highest BCUT2D eigenvalue weighted by Crippen LogP contribution is 2.23. The van der Waals surface area contributed by atoms with Crippen molar-refractivity contribution in [2.75, 3.05) is 25.5 Å². The van der Waals surface area contributed by atoms with Crippen LogP contribution >= 0.6 is 15.9 Å². The lowest BCUT2D eigenvalue weighted by Gasteiger charge is -2.16. The molecular formula is C13H15BrFNO2. The molecule has 1 fully saturated rings. The summed E-state index contributed by atoms with van der Waals surface area (Å²) >= 11 is 3.43. The first-order valence-corrected chi connectivity index (χ1v) is 6.96. The Labute approximate surface area is 114 Å². The Kier molecular flexibility index (Phi) is 4.22. The van der Waals surface area contributed by atoms with E-state index in [1.807, 2.05) is 0 Å². The van der Waals surface area contributed by atoms with Crippen LogP contribution < -0.4 is 4.74 Å². The van der Waals surface area contributed by atoms with Crippen molar-refractivity contribution in [1.82, 2.24) is 4.90 Å². The standard InChI is InChI=1S/C13H15BrFNO2/c1-18-12-3-2-10(6-11(12)15)13(17)16-5-4-9(7-14)8-16/h2-3,6,9H,4-5,7-8H2,1H3. The van der Waals surface area contributed by atoms with Gasteiger partial charge in [0, 0.05) is 24.0 Å². The summed E-state index contributed by atoms with van der Waals surface area (Å²) in [7, 11) is 1.40. The van der Waals surface area contributed by atoms with Gasteiger partial charge in [0.25, 0.3) is 5.91 Å². The van der Waals surface area contributed by atoms with E-state index in [9.17, 15) is 9.18 Å². The van der Waals surface area contributed by atoms with Crippen molar-refractivity contribution in [1.29, 1.82) is 0 Å². The summed E-state index contributed by atoms with van der Waals surface area (Å²) in [5, 5.41) is 0.897. The number of nitrogens with zero attached hydrogens (tertiary/aromatic N) is 1. The molecule has 1 aliphatic heterocycles. The zero-order valence-corrected chi connectivity index (χ0v) is 11.7. The number of amides is 1. The lowest BCUT2D eigenvalue weighted by molar-refractivity contribution is 0.0788. The number of alkyl halides is 1. The summed E-state index contributed by atoms with van der Waals surface area (Å²) in [4.78, 5) is 13.9. The Morgan fingerprint density at radius 3 is 2.94 bits per heavy atom. The number of rotatable bonds is 3. The molecule has 1 aromatic carbocycles. The lowest BCUT2D eigenvalue weighted by Crippen LogP contribution is -2.28. The van der Waals surface area contributed by atoms with Gasteiger partial charge in [-0.15, -0.1) is 0 Å². The summed E-state index contributed by atoms with van der Waals surface area (Å²) in [6.45, 7) is 1.47. The monoisotopic (exact) mass is 315 g/mol. The maximum absolute atomic E-state index is 13.5. The summed E-state index contributed by atoms with van der Waals surface area (Å²) in [6.07, 6.45) is 0.996. The zero-order chi connectivity index (χ0) is 13.1. The first kappa shape index (κ1) is 13.3. The van der Waals surface area contributed by atoms with E-state index < -0.39 is 5.82 Å². The van der Waals surface area contributed by atoms with E-state index in [-0.39, 0.29) is 11.7 Å². The van der Waals surface area contributed by atoms with Crippen LogP contribution in [0, 0.1) is 11.7 Å². The molecule has 0 aromatic heterocycles. The summed E-state index contributed by atoms with van der Waals surface area (Å²) in [5.74, 6) is 0.0444. The highest BCUT2D eigenvalue weighted by atomic mass is 79.9. The van der Waals surface area contributed by atoms with Gasteiger partial charge in [0.15, 0.2) is 11.6 Å². The minimum absolute atomic E-state index is 0.111. The van der Waals surface area contributed by atoms with Crippen molar-refractivity contribution in [3.05, 3.63) is 29.6 Å². The maximum Gasteiger partial charge on any atom is 0.253 e. The van der Waals surface area contributed by atoms with Crippen molar-refractivity contribution < 1.29 is 13.9 Å². The molecule has 1 aromatic rings. The van der Waals surface area contributed by atoms with Crippen LogP contribution in [0.1, 0.15) is 16.8 Å². The SMILES string of the molecule is COc1ccc(C(=O)N2CCC(CBr)C2)cc1F. The lowest BCUT2D eigenvalue weighted by atomic mass is 10.1. The molecule has 1 amide bonds. The molecule has 18 heavy (non-hydrogen) atoms. The third-order valence-electron chi connectivity index (χ3n) is 3.19. The minimum Gasteiger partial charge on any atom is -0.494 e. The molecule has 0 radical (unpaired) electrons. The van der Waals surface area contributed by atoms with E-state index in [1.165, 1.54) is 19.2 Å². The molecule has 1 saturated heterocycles. The van der Waals surface area contributed by atoms with E-state index in [1.54, 1.807) is 11.0 Å². The quantitative estimate of drug-likeness (QED) is 0.803. The first-order valence-electron chi connectivity index (χ1n) is 5.84. The van der Waals surface area contributed by atoms with Crippen LogP contribution in [-0.2, 0) is 0 Å². The number of methoxy groups -OCH3 is 1. The van der Waals surface area contributed by atoms with E-state index in [4.69, 9.17) is 4.74 Å². The highest BCUT2D eigenvalue weighted by Gasteiger charge is 2.26. The predicted molar refractivity (Wildman–Crippen MR) is 70.8 cm³/mol. The van der Waals surface area contributed by atoms with Gasteiger partial charge < -0.3 is 9.64 Å². The van der Waals surface area contributed by atoms with Gasteiger partial charge in [0.1, 0.15) is 0 Å². The Balaban J connectivity index is 2.12. The molecule has 0 bridgehead atoms. The van der Waals surface area contributed by atoms with Gasteiger partial charge in [-0.05, 0) is 30.5 Å². The second-order valence-corrected chi connectivity index (χ2v) is 5.06. The maximum atomic E-state index is 13.5. The van der Waals surface area contributed by atoms with Crippen molar-refractivity contribution in [3.63, 3.8) is 0 Å². The van der Waals surface area contributed by atoms with Crippen LogP contribution in [0.4, 0.5) is 4.39 Å². The molecule has 0 aliphatic carbocycles. The third-order valence-corrected chi connectivity index (χ3v) is 4.11. The molecule has 3 nitrogen and oxygen atoms in total. The smallest absolute Gasteiger partial charge is 0.253 e. The van der Waals surface area contributed by atoms with Gasteiger partial charge in [-0.1, -0.05) is 15.9 Å². The fourth-order valence-electron chi connectivity index (χ4n) is 2.13. The number of halogens is 2. The van der Waals surface area contributed by atoms with Crippen LogP contribution in [0.3, 0.4) is 0 Å². The molecule has 0 saturated carbocycles. The zero-order valence-electron chi connectivity index (χ0n) is 10.2. The van der Waals surface area contributed by atoms with Gasteiger partial charge in [-0.2, -0.15) is 0 Å². The van der Waals surface area contributed by atoms with E-state index in [2.05, 4.69) is 15.9 Å². The summed E-state index contributed by atoms with van der Waals surface area (Å²) in [6, 6.07) is 4.33. The number of hydrogen-bond acceptors (Lipinski definition) is 2. The number of hydrogen-bond donors (Lipinski definition) is 0. The van der Waals surface area contributed by atoms with Gasteiger partial charge >= 0.3 is 0 Å². The Morgan fingerprint density at radius 2 is 2.39 bits per heavy atom. The second-order valence-electron chi connectivity index (χ2n) is 4.41. The largest absolute Gasteiger partial charge is 0.494 e. The molecule has 2 rings (SSSR count). The first-order chi connectivity index (χ1) is 8.65. The molecule has 0 N–H and O–H groups in total. The number of carbonyl (C=O) groups excluding carboxylic acids is 1. The van der Waals surface area contributed by atoms with Crippen LogP contribution in [0.15, 0.2) is 18.2 Å². The van der Waals surface area contributed by atoms with Crippen LogP contribution in [0.5, 0.6) is 5.75 Å². The Hall–Kier alpha value is -1.10. The normalized spacial score (nSPS) is 19.1. The topological polar surface area (TPSA) is 29.5 Å². The van der Waals surface area contributed by atoms with Crippen LogP contribution in [0.2, 0.25) is 0 Å². The van der Waals surface area contributed by atoms with Crippen LogP contribution in [0.25, 0.3) is 0 Å². The molecule has 1 atom stereocenters. The van der Waals surface area contributed by atoms with Crippen molar-refractivity contribution in [2.45, 2.75) is 6.42 Å².